The first kappa shape index (κ1) is 13.7. The second-order valence-corrected chi connectivity index (χ2v) is 6.34. The average molecular weight is 297 g/mol. The molecule has 5 heteroatoms. The Bertz CT molecular complexity index is 718. The van der Waals surface area contributed by atoms with Crippen LogP contribution in [0.25, 0.3) is 10.9 Å². The minimum absolute atomic E-state index is 0.164. The molecule has 2 heterocycles. The number of benzene rings is 1. The maximum absolute atomic E-state index is 11.3. The molecule has 22 heavy (non-hydrogen) atoms. The zero-order valence-electron chi connectivity index (χ0n) is 12.2. The number of hydrogen-bond acceptors (Lipinski definition) is 4. The molecule has 2 fully saturated rings. The van der Waals surface area contributed by atoms with Crippen LogP contribution in [0.4, 0.5) is 0 Å². The van der Waals surface area contributed by atoms with E-state index in [1.54, 1.807) is 6.20 Å². The summed E-state index contributed by atoms with van der Waals surface area (Å²) in [6.45, 7) is 0. The van der Waals surface area contributed by atoms with Gasteiger partial charge in [0, 0.05) is 17.6 Å². The molecule has 0 amide bonds. The van der Waals surface area contributed by atoms with Gasteiger partial charge in [-0.2, -0.15) is 0 Å². The second-order valence-electron chi connectivity index (χ2n) is 6.34. The Hall–Kier alpha value is -1.98. The fraction of sp³-hybridized carbons (Fsp3) is 0.412. The van der Waals surface area contributed by atoms with Crippen LogP contribution in [0, 0.1) is 11.8 Å². The van der Waals surface area contributed by atoms with Gasteiger partial charge in [-0.25, -0.2) is 5.43 Å². The van der Waals surface area contributed by atoms with Gasteiger partial charge in [0.2, 0.25) is 0 Å². The van der Waals surface area contributed by atoms with Gasteiger partial charge < -0.3 is 5.11 Å². The number of carbonyl (C=O) groups is 1. The molecule has 0 bridgehead atoms. The van der Waals surface area contributed by atoms with Gasteiger partial charge >= 0.3 is 5.97 Å². The summed E-state index contributed by atoms with van der Waals surface area (Å²) < 4.78 is 0. The van der Waals surface area contributed by atoms with Crippen LogP contribution in [-0.2, 0) is 4.79 Å². The molecule has 1 aromatic carbocycles. The molecule has 0 spiro atoms. The second kappa shape index (κ2) is 5.34. The zero-order valence-corrected chi connectivity index (χ0v) is 12.2. The quantitative estimate of drug-likeness (QED) is 0.793. The van der Waals surface area contributed by atoms with Crippen molar-refractivity contribution in [3.05, 3.63) is 42.1 Å². The maximum Gasteiger partial charge on any atom is 0.306 e. The summed E-state index contributed by atoms with van der Waals surface area (Å²) in [4.78, 5) is 15.7. The number of fused-ring (bicyclic) bond motifs is 2. The van der Waals surface area contributed by atoms with Gasteiger partial charge in [0.25, 0.3) is 0 Å². The molecule has 3 N–H and O–H groups in total. The lowest BCUT2D eigenvalue weighted by Crippen LogP contribution is -2.36. The van der Waals surface area contributed by atoms with Crippen LogP contribution < -0.4 is 10.9 Å². The summed E-state index contributed by atoms with van der Waals surface area (Å²) in [5, 5.41) is 10.4. The van der Waals surface area contributed by atoms with Crippen molar-refractivity contribution in [2.24, 2.45) is 11.8 Å². The zero-order chi connectivity index (χ0) is 15.1. The fourth-order valence-corrected chi connectivity index (χ4v) is 3.90. The van der Waals surface area contributed by atoms with E-state index in [9.17, 15) is 9.90 Å². The summed E-state index contributed by atoms with van der Waals surface area (Å²) >= 11 is 0. The third-order valence-corrected chi connectivity index (χ3v) is 5.09. The Balaban J connectivity index is 1.64. The van der Waals surface area contributed by atoms with Crippen molar-refractivity contribution < 1.29 is 9.90 Å². The topological polar surface area (TPSA) is 74.2 Å². The summed E-state index contributed by atoms with van der Waals surface area (Å²) in [5.74, 6) is -0.552. The van der Waals surface area contributed by atoms with E-state index < -0.39 is 5.97 Å². The van der Waals surface area contributed by atoms with Crippen molar-refractivity contribution in [3.63, 3.8) is 0 Å². The number of aromatic nitrogens is 1. The number of hydrazine groups is 1. The highest BCUT2D eigenvalue weighted by Gasteiger charge is 2.42. The fourth-order valence-electron chi connectivity index (χ4n) is 3.90. The van der Waals surface area contributed by atoms with Crippen LogP contribution in [0.3, 0.4) is 0 Å². The molecule has 1 saturated carbocycles. The average Bonchev–Trinajstić information content (AvgIpc) is 2.97. The number of pyridine rings is 1. The molecule has 2 aliphatic rings. The number of hydrogen-bond donors (Lipinski definition) is 3. The third kappa shape index (κ3) is 2.26. The first-order valence-corrected chi connectivity index (χ1v) is 7.81. The van der Waals surface area contributed by atoms with Crippen molar-refractivity contribution in [2.75, 3.05) is 0 Å². The van der Waals surface area contributed by atoms with Crippen molar-refractivity contribution in [3.8, 4) is 0 Å². The molecular weight excluding hydrogens is 278 g/mol. The first-order valence-electron chi connectivity index (χ1n) is 7.81. The standard InChI is InChI=1S/C17H19N3O2/c21-17(22)12-4-6-15-13(9-12)16(20-19-15)11-3-5-14-10(8-11)2-1-7-18-14/h1-3,5,7-8,12-13,15-16,19-20H,4,6,9H2,(H,21,22). The molecule has 1 aromatic heterocycles. The van der Waals surface area contributed by atoms with E-state index in [1.807, 2.05) is 12.1 Å². The summed E-state index contributed by atoms with van der Waals surface area (Å²) in [5.41, 5.74) is 8.92. The van der Waals surface area contributed by atoms with E-state index in [4.69, 9.17) is 0 Å². The number of carboxylic acid groups (broad SMARTS) is 1. The van der Waals surface area contributed by atoms with Crippen molar-refractivity contribution in [2.45, 2.75) is 31.3 Å². The van der Waals surface area contributed by atoms with Crippen molar-refractivity contribution in [1.29, 1.82) is 0 Å². The molecule has 4 unspecified atom stereocenters. The van der Waals surface area contributed by atoms with Crippen LogP contribution >= 0.6 is 0 Å². The Morgan fingerprint density at radius 1 is 1.23 bits per heavy atom. The molecular formula is C17H19N3O2. The van der Waals surface area contributed by atoms with Crippen LogP contribution in [0.5, 0.6) is 0 Å². The van der Waals surface area contributed by atoms with E-state index in [0.29, 0.717) is 12.0 Å². The Labute approximate surface area is 128 Å². The molecule has 1 aliphatic heterocycles. The largest absolute Gasteiger partial charge is 0.481 e. The van der Waals surface area contributed by atoms with Crippen molar-refractivity contribution >= 4 is 16.9 Å². The Morgan fingerprint density at radius 2 is 2.14 bits per heavy atom. The lowest BCUT2D eigenvalue weighted by Gasteiger charge is -2.31. The minimum Gasteiger partial charge on any atom is -0.481 e. The highest BCUT2D eigenvalue weighted by Crippen LogP contribution is 2.40. The predicted octanol–water partition coefficient (Wildman–Crippen LogP) is 2.25. The molecule has 4 atom stereocenters. The maximum atomic E-state index is 11.3. The van der Waals surface area contributed by atoms with Gasteiger partial charge in [0.05, 0.1) is 17.5 Å². The smallest absolute Gasteiger partial charge is 0.306 e. The normalized spacial score (nSPS) is 31.1. The molecule has 5 nitrogen and oxygen atoms in total. The highest BCUT2D eigenvalue weighted by molar-refractivity contribution is 5.79. The molecule has 1 saturated heterocycles. The summed E-state index contributed by atoms with van der Waals surface area (Å²) in [7, 11) is 0. The number of nitrogens with zero attached hydrogens (tertiary/aromatic N) is 1. The number of nitrogens with one attached hydrogen (secondary N) is 2. The lowest BCUT2D eigenvalue weighted by atomic mass is 9.74. The van der Waals surface area contributed by atoms with E-state index in [0.717, 1.165) is 30.2 Å². The van der Waals surface area contributed by atoms with Crippen LogP contribution in [0.1, 0.15) is 30.9 Å². The molecule has 2 aromatic rings. The molecule has 1 aliphatic carbocycles. The lowest BCUT2D eigenvalue weighted by molar-refractivity contribution is -0.143. The molecule has 0 radical (unpaired) electrons. The Morgan fingerprint density at radius 3 is 3.00 bits per heavy atom. The first-order chi connectivity index (χ1) is 10.7. The monoisotopic (exact) mass is 297 g/mol. The van der Waals surface area contributed by atoms with Crippen LogP contribution in [-0.4, -0.2) is 22.1 Å². The van der Waals surface area contributed by atoms with E-state index in [1.165, 1.54) is 5.56 Å². The van der Waals surface area contributed by atoms with Gasteiger partial charge in [-0.15, -0.1) is 0 Å². The van der Waals surface area contributed by atoms with E-state index >= 15 is 0 Å². The molecule has 114 valence electrons. The van der Waals surface area contributed by atoms with Gasteiger partial charge in [0.1, 0.15) is 0 Å². The van der Waals surface area contributed by atoms with E-state index in [-0.39, 0.29) is 12.0 Å². The van der Waals surface area contributed by atoms with Crippen LogP contribution in [0.2, 0.25) is 0 Å². The van der Waals surface area contributed by atoms with E-state index in [2.05, 4.69) is 34.0 Å². The van der Waals surface area contributed by atoms with Crippen molar-refractivity contribution in [1.82, 2.24) is 15.8 Å². The molecule has 4 rings (SSSR count). The minimum atomic E-state index is -0.660. The number of aliphatic carboxylic acids is 1. The van der Waals surface area contributed by atoms with Gasteiger partial charge in [0.15, 0.2) is 0 Å². The number of rotatable bonds is 2. The summed E-state index contributed by atoms with van der Waals surface area (Å²) in [6, 6.07) is 10.8. The van der Waals surface area contributed by atoms with Gasteiger partial charge in [-0.1, -0.05) is 12.1 Å². The van der Waals surface area contributed by atoms with Gasteiger partial charge in [-0.3, -0.25) is 15.2 Å². The number of carboxylic acids is 1. The Kier molecular flexibility index (Phi) is 3.32. The third-order valence-electron chi connectivity index (χ3n) is 5.09. The summed E-state index contributed by atoms with van der Waals surface area (Å²) in [6.07, 6.45) is 4.21. The highest BCUT2D eigenvalue weighted by atomic mass is 16.4. The predicted molar refractivity (Wildman–Crippen MR) is 83.0 cm³/mol. The SMILES string of the molecule is O=C(O)C1CCC2NNC(c3ccc4ncccc4c3)C2C1. The van der Waals surface area contributed by atoms with Gasteiger partial charge in [-0.05, 0) is 48.9 Å². The van der Waals surface area contributed by atoms with Crippen LogP contribution in [0.15, 0.2) is 36.5 Å².